The topological polar surface area (TPSA) is 84.3 Å². The van der Waals surface area contributed by atoms with Crippen molar-refractivity contribution in [2.24, 2.45) is 0 Å². The van der Waals surface area contributed by atoms with Crippen molar-refractivity contribution < 1.29 is 14.6 Å². The van der Waals surface area contributed by atoms with E-state index in [4.69, 9.17) is 21.4 Å². The average molecular weight is 258 g/mol. The molecule has 17 heavy (non-hydrogen) atoms. The van der Waals surface area contributed by atoms with Crippen molar-refractivity contribution in [3.63, 3.8) is 0 Å². The summed E-state index contributed by atoms with van der Waals surface area (Å²) >= 11 is 5.65. The molecule has 1 aromatic rings. The SMILES string of the molecule is O=C(O)c1cnc(Cl)nc1N[C@@H]1CCCOC1. The highest BCUT2D eigenvalue weighted by atomic mass is 35.5. The summed E-state index contributed by atoms with van der Waals surface area (Å²) in [5.41, 5.74) is 0.0139. The number of carboxylic acids is 1. The molecule has 2 rings (SSSR count). The molecule has 1 saturated heterocycles. The number of nitrogens with one attached hydrogen (secondary N) is 1. The molecule has 1 aliphatic rings. The van der Waals surface area contributed by atoms with Crippen LogP contribution in [0, 0.1) is 0 Å². The fourth-order valence-electron chi connectivity index (χ4n) is 1.67. The molecule has 1 fully saturated rings. The molecule has 2 N–H and O–H groups in total. The number of anilines is 1. The van der Waals surface area contributed by atoms with E-state index in [1.165, 1.54) is 6.20 Å². The number of nitrogens with zero attached hydrogens (tertiary/aromatic N) is 2. The third kappa shape index (κ3) is 3.04. The number of rotatable bonds is 3. The third-order valence-corrected chi connectivity index (χ3v) is 2.67. The average Bonchev–Trinajstić information content (AvgIpc) is 2.30. The molecule has 0 bridgehead atoms. The first kappa shape index (κ1) is 12.1. The number of aromatic nitrogens is 2. The molecule has 0 radical (unpaired) electrons. The van der Waals surface area contributed by atoms with Gasteiger partial charge in [-0.1, -0.05) is 0 Å². The molecule has 2 heterocycles. The summed E-state index contributed by atoms with van der Waals surface area (Å²) in [6.07, 6.45) is 3.06. The number of ether oxygens (including phenoxy) is 1. The molecule has 7 heteroatoms. The molecular formula is C10H12ClN3O3. The maximum Gasteiger partial charge on any atom is 0.341 e. The van der Waals surface area contributed by atoms with Crippen molar-refractivity contribution in [2.45, 2.75) is 18.9 Å². The van der Waals surface area contributed by atoms with Gasteiger partial charge in [-0.2, -0.15) is 4.98 Å². The summed E-state index contributed by atoms with van der Waals surface area (Å²) in [6, 6.07) is 0.0628. The van der Waals surface area contributed by atoms with Gasteiger partial charge in [-0.05, 0) is 24.4 Å². The molecule has 0 amide bonds. The number of carboxylic acid groups (broad SMARTS) is 1. The zero-order chi connectivity index (χ0) is 12.3. The number of carbonyl (C=O) groups is 1. The number of hydrogen-bond acceptors (Lipinski definition) is 5. The van der Waals surface area contributed by atoms with E-state index in [1.54, 1.807) is 0 Å². The second-order valence-electron chi connectivity index (χ2n) is 3.76. The maximum atomic E-state index is 11.0. The van der Waals surface area contributed by atoms with Gasteiger partial charge in [0.05, 0.1) is 12.6 Å². The van der Waals surface area contributed by atoms with Crippen LogP contribution < -0.4 is 5.32 Å². The van der Waals surface area contributed by atoms with Gasteiger partial charge in [0.2, 0.25) is 5.28 Å². The molecule has 1 aliphatic heterocycles. The molecule has 0 aliphatic carbocycles. The number of hydrogen-bond donors (Lipinski definition) is 2. The van der Waals surface area contributed by atoms with Gasteiger partial charge in [-0.3, -0.25) is 0 Å². The highest BCUT2D eigenvalue weighted by Gasteiger charge is 2.19. The Hall–Kier alpha value is -1.40. The van der Waals surface area contributed by atoms with Crippen LogP contribution in [-0.2, 0) is 4.74 Å². The molecule has 0 unspecified atom stereocenters. The molecule has 1 aromatic heterocycles. The van der Waals surface area contributed by atoms with Crippen molar-refractivity contribution in [1.82, 2.24) is 9.97 Å². The lowest BCUT2D eigenvalue weighted by Crippen LogP contribution is -2.31. The van der Waals surface area contributed by atoms with E-state index in [-0.39, 0.29) is 22.7 Å². The normalized spacial score (nSPS) is 19.9. The smallest absolute Gasteiger partial charge is 0.341 e. The lowest BCUT2D eigenvalue weighted by atomic mass is 10.1. The lowest BCUT2D eigenvalue weighted by Gasteiger charge is -2.24. The van der Waals surface area contributed by atoms with Gasteiger partial charge < -0.3 is 15.2 Å². The molecule has 6 nitrogen and oxygen atoms in total. The molecular weight excluding hydrogens is 246 g/mol. The summed E-state index contributed by atoms with van der Waals surface area (Å²) in [5, 5.41) is 12.0. The minimum Gasteiger partial charge on any atom is -0.477 e. The van der Waals surface area contributed by atoms with Crippen LogP contribution in [0.15, 0.2) is 6.20 Å². The Morgan fingerprint density at radius 1 is 1.65 bits per heavy atom. The summed E-state index contributed by atoms with van der Waals surface area (Å²) < 4.78 is 5.30. The Kier molecular flexibility index (Phi) is 3.75. The van der Waals surface area contributed by atoms with Crippen LogP contribution in [0.4, 0.5) is 5.82 Å². The van der Waals surface area contributed by atoms with E-state index in [1.807, 2.05) is 0 Å². The van der Waals surface area contributed by atoms with Crippen LogP contribution in [0.3, 0.4) is 0 Å². The Morgan fingerprint density at radius 2 is 2.47 bits per heavy atom. The van der Waals surface area contributed by atoms with Gasteiger partial charge in [0.15, 0.2) is 0 Å². The highest BCUT2D eigenvalue weighted by molar-refractivity contribution is 6.28. The van der Waals surface area contributed by atoms with E-state index in [0.717, 1.165) is 19.4 Å². The van der Waals surface area contributed by atoms with E-state index in [0.29, 0.717) is 6.61 Å². The van der Waals surface area contributed by atoms with Gasteiger partial charge in [0.25, 0.3) is 0 Å². The van der Waals surface area contributed by atoms with Crippen LogP contribution in [0.2, 0.25) is 5.28 Å². The van der Waals surface area contributed by atoms with Crippen LogP contribution in [0.1, 0.15) is 23.2 Å². The van der Waals surface area contributed by atoms with E-state index < -0.39 is 5.97 Å². The molecule has 0 saturated carbocycles. The first-order valence-corrected chi connectivity index (χ1v) is 5.64. The Bertz CT molecular complexity index is 421. The summed E-state index contributed by atoms with van der Waals surface area (Å²) in [7, 11) is 0. The minimum atomic E-state index is -1.08. The zero-order valence-corrected chi connectivity index (χ0v) is 9.78. The van der Waals surface area contributed by atoms with Gasteiger partial charge in [-0.25, -0.2) is 9.78 Å². The van der Waals surface area contributed by atoms with Gasteiger partial charge in [-0.15, -0.1) is 0 Å². The largest absolute Gasteiger partial charge is 0.477 e. The molecule has 92 valence electrons. The minimum absolute atomic E-state index is 0.0139. The van der Waals surface area contributed by atoms with Gasteiger partial charge in [0, 0.05) is 12.8 Å². The first-order chi connectivity index (χ1) is 8.16. The summed E-state index contributed by atoms with van der Waals surface area (Å²) in [4.78, 5) is 18.5. The summed E-state index contributed by atoms with van der Waals surface area (Å²) in [5.74, 6) is -0.839. The van der Waals surface area contributed by atoms with E-state index in [2.05, 4.69) is 15.3 Å². The summed E-state index contributed by atoms with van der Waals surface area (Å²) in [6.45, 7) is 1.29. The van der Waals surface area contributed by atoms with E-state index >= 15 is 0 Å². The monoisotopic (exact) mass is 257 g/mol. The van der Waals surface area contributed by atoms with Crippen LogP contribution in [0.25, 0.3) is 0 Å². The van der Waals surface area contributed by atoms with Crippen molar-refractivity contribution in [3.05, 3.63) is 17.0 Å². The first-order valence-electron chi connectivity index (χ1n) is 5.27. The second kappa shape index (κ2) is 5.29. The van der Waals surface area contributed by atoms with Crippen molar-refractivity contribution in [3.8, 4) is 0 Å². The van der Waals surface area contributed by atoms with Crippen molar-refractivity contribution in [1.29, 1.82) is 0 Å². The Morgan fingerprint density at radius 3 is 3.12 bits per heavy atom. The second-order valence-corrected chi connectivity index (χ2v) is 4.10. The Labute approximate surface area is 103 Å². The molecule has 0 spiro atoms. The standard InChI is InChI=1S/C10H12ClN3O3/c11-10-12-4-7(9(15)16)8(14-10)13-6-2-1-3-17-5-6/h4,6H,1-3,5H2,(H,15,16)(H,12,13,14)/t6-/m1/s1. The van der Waals surface area contributed by atoms with Crippen LogP contribution in [0.5, 0.6) is 0 Å². The molecule has 0 aromatic carbocycles. The zero-order valence-electron chi connectivity index (χ0n) is 9.02. The molecule has 1 atom stereocenters. The van der Waals surface area contributed by atoms with Crippen LogP contribution in [-0.4, -0.2) is 40.3 Å². The fourth-order valence-corrected chi connectivity index (χ4v) is 1.81. The van der Waals surface area contributed by atoms with E-state index in [9.17, 15) is 4.79 Å². The van der Waals surface area contributed by atoms with Crippen molar-refractivity contribution >= 4 is 23.4 Å². The van der Waals surface area contributed by atoms with Gasteiger partial charge >= 0.3 is 5.97 Å². The number of aromatic carboxylic acids is 1. The Balaban J connectivity index is 2.17. The van der Waals surface area contributed by atoms with Crippen molar-refractivity contribution in [2.75, 3.05) is 18.5 Å². The predicted molar refractivity (Wildman–Crippen MR) is 61.5 cm³/mol. The fraction of sp³-hybridized carbons (Fsp3) is 0.500. The van der Waals surface area contributed by atoms with Crippen LogP contribution >= 0.6 is 11.6 Å². The van der Waals surface area contributed by atoms with Gasteiger partial charge in [0.1, 0.15) is 11.4 Å². The predicted octanol–water partition coefficient (Wildman–Crippen LogP) is 1.42. The number of halogens is 1. The lowest BCUT2D eigenvalue weighted by molar-refractivity contribution is 0.0695. The maximum absolute atomic E-state index is 11.0. The quantitative estimate of drug-likeness (QED) is 0.797. The highest BCUT2D eigenvalue weighted by Crippen LogP contribution is 2.18. The third-order valence-electron chi connectivity index (χ3n) is 2.49.